The van der Waals surface area contributed by atoms with E-state index in [4.69, 9.17) is 15.2 Å². The summed E-state index contributed by atoms with van der Waals surface area (Å²) in [6.07, 6.45) is 0. The van der Waals surface area contributed by atoms with E-state index in [2.05, 4.69) is 5.38 Å². The molecule has 0 saturated heterocycles. The molecule has 0 fully saturated rings. The minimum absolute atomic E-state index is 0.124. The average molecular weight is 249 g/mol. The van der Waals surface area contributed by atoms with Crippen LogP contribution in [0.2, 0.25) is 0 Å². The van der Waals surface area contributed by atoms with Gasteiger partial charge in [0.2, 0.25) is 0 Å². The van der Waals surface area contributed by atoms with Gasteiger partial charge in [-0.15, -0.1) is 0 Å². The molecule has 0 radical (unpaired) electrons. The molecule has 2 N–H and O–H groups in total. The number of thiophene rings is 1. The van der Waals surface area contributed by atoms with E-state index in [0.29, 0.717) is 11.5 Å². The van der Waals surface area contributed by atoms with E-state index in [0.717, 1.165) is 11.1 Å². The third kappa shape index (κ3) is 2.43. The van der Waals surface area contributed by atoms with Crippen molar-refractivity contribution in [3.63, 3.8) is 0 Å². The number of hydrogen-bond acceptors (Lipinski definition) is 4. The molecule has 4 heteroatoms. The van der Waals surface area contributed by atoms with Gasteiger partial charge >= 0.3 is 0 Å². The number of benzene rings is 1. The fraction of sp³-hybridized carbons (Fsp3) is 0.231. The third-order valence-electron chi connectivity index (χ3n) is 2.67. The maximum absolute atomic E-state index is 6.19. The summed E-state index contributed by atoms with van der Waals surface area (Å²) >= 11 is 1.64. The molecule has 0 aliphatic carbocycles. The Balaban J connectivity index is 2.33. The lowest BCUT2D eigenvalue weighted by Gasteiger charge is -2.14. The molecule has 1 aromatic carbocycles. The molecular weight excluding hydrogens is 234 g/mol. The highest BCUT2D eigenvalue weighted by molar-refractivity contribution is 7.08. The van der Waals surface area contributed by atoms with E-state index >= 15 is 0 Å². The quantitative estimate of drug-likeness (QED) is 0.906. The van der Waals surface area contributed by atoms with Gasteiger partial charge in [-0.05, 0) is 40.1 Å². The fourth-order valence-electron chi connectivity index (χ4n) is 1.69. The zero-order valence-electron chi connectivity index (χ0n) is 9.84. The van der Waals surface area contributed by atoms with Crippen LogP contribution in [0.3, 0.4) is 0 Å². The number of ether oxygens (including phenoxy) is 2. The molecular formula is C13H15NO2S. The van der Waals surface area contributed by atoms with Crippen molar-refractivity contribution in [1.29, 1.82) is 0 Å². The summed E-state index contributed by atoms with van der Waals surface area (Å²) in [5, 5.41) is 4.08. The van der Waals surface area contributed by atoms with Crippen molar-refractivity contribution >= 4 is 11.3 Å². The Morgan fingerprint density at radius 3 is 2.41 bits per heavy atom. The maximum Gasteiger partial charge on any atom is 0.161 e. The van der Waals surface area contributed by atoms with E-state index in [9.17, 15) is 0 Å². The van der Waals surface area contributed by atoms with Gasteiger partial charge in [0, 0.05) is 0 Å². The molecule has 0 spiro atoms. The molecule has 1 atom stereocenters. The van der Waals surface area contributed by atoms with Crippen LogP contribution in [-0.4, -0.2) is 14.2 Å². The summed E-state index contributed by atoms with van der Waals surface area (Å²) in [5.74, 6) is 1.42. The molecule has 90 valence electrons. The zero-order chi connectivity index (χ0) is 12.3. The summed E-state index contributed by atoms with van der Waals surface area (Å²) in [7, 11) is 3.24. The second kappa shape index (κ2) is 5.21. The van der Waals surface area contributed by atoms with Gasteiger partial charge in [-0.3, -0.25) is 0 Å². The van der Waals surface area contributed by atoms with E-state index in [1.165, 1.54) is 0 Å². The lowest BCUT2D eigenvalue weighted by atomic mass is 10.0. The van der Waals surface area contributed by atoms with Crippen molar-refractivity contribution in [2.24, 2.45) is 5.73 Å². The van der Waals surface area contributed by atoms with Crippen molar-refractivity contribution < 1.29 is 9.47 Å². The Kier molecular flexibility index (Phi) is 3.66. The molecule has 0 aliphatic rings. The van der Waals surface area contributed by atoms with Crippen LogP contribution in [0, 0.1) is 0 Å². The summed E-state index contributed by atoms with van der Waals surface area (Å²) in [4.78, 5) is 0. The van der Waals surface area contributed by atoms with Gasteiger partial charge < -0.3 is 15.2 Å². The highest BCUT2D eigenvalue weighted by atomic mass is 32.1. The lowest BCUT2D eigenvalue weighted by Crippen LogP contribution is -2.11. The van der Waals surface area contributed by atoms with Crippen LogP contribution in [-0.2, 0) is 0 Å². The molecule has 1 unspecified atom stereocenters. The normalized spacial score (nSPS) is 12.2. The van der Waals surface area contributed by atoms with Crippen molar-refractivity contribution in [2.45, 2.75) is 6.04 Å². The number of rotatable bonds is 4. The Labute approximate surface area is 105 Å². The first kappa shape index (κ1) is 12.0. The van der Waals surface area contributed by atoms with Gasteiger partial charge in [-0.25, -0.2) is 0 Å². The zero-order valence-corrected chi connectivity index (χ0v) is 10.7. The van der Waals surface area contributed by atoms with E-state index in [1.54, 1.807) is 25.6 Å². The van der Waals surface area contributed by atoms with Crippen molar-refractivity contribution in [3.05, 3.63) is 46.2 Å². The molecule has 3 nitrogen and oxygen atoms in total. The number of nitrogens with two attached hydrogens (primary N) is 1. The first-order valence-corrected chi connectivity index (χ1v) is 6.20. The largest absolute Gasteiger partial charge is 0.493 e. The van der Waals surface area contributed by atoms with Gasteiger partial charge in [0.05, 0.1) is 20.3 Å². The topological polar surface area (TPSA) is 44.5 Å². The Morgan fingerprint density at radius 1 is 1.06 bits per heavy atom. The van der Waals surface area contributed by atoms with Crippen molar-refractivity contribution in [2.75, 3.05) is 14.2 Å². The Bertz CT molecular complexity index is 482. The van der Waals surface area contributed by atoms with Gasteiger partial charge in [-0.2, -0.15) is 11.3 Å². The molecule has 2 aromatic rings. The molecule has 0 aliphatic heterocycles. The Morgan fingerprint density at radius 2 is 1.82 bits per heavy atom. The fourth-order valence-corrected chi connectivity index (χ4v) is 2.39. The van der Waals surface area contributed by atoms with Crippen LogP contribution in [0.4, 0.5) is 0 Å². The predicted octanol–water partition coefficient (Wildman–Crippen LogP) is 2.81. The highest BCUT2D eigenvalue weighted by Crippen LogP contribution is 2.31. The average Bonchev–Trinajstić information content (AvgIpc) is 2.90. The monoisotopic (exact) mass is 249 g/mol. The molecule has 1 heterocycles. The van der Waals surface area contributed by atoms with E-state index in [-0.39, 0.29) is 6.04 Å². The standard InChI is InChI=1S/C13H15NO2S/c1-15-11-4-3-9(7-12(11)16-2)13(14)10-5-6-17-8-10/h3-8,13H,14H2,1-2H3. The summed E-state index contributed by atoms with van der Waals surface area (Å²) in [5.41, 5.74) is 8.31. The third-order valence-corrected chi connectivity index (χ3v) is 3.37. The molecule has 0 amide bonds. The summed E-state index contributed by atoms with van der Waals surface area (Å²) in [6.45, 7) is 0. The van der Waals surface area contributed by atoms with Crippen LogP contribution in [0.5, 0.6) is 11.5 Å². The first-order valence-electron chi connectivity index (χ1n) is 5.26. The van der Waals surface area contributed by atoms with Crippen LogP contribution in [0.15, 0.2) is 35.0 Å². The Hall–Kier alpha value is -1.52. The van der Waals surface area contributed by atoms with E-state index < -0.39 is 0 Å². The smallest absolute Gasteiger partial charge is 0.161 e. The summed E-state index contributed by atoms with van der Waals surface area (Å²) < 4.78 is 10.5. The minimum atomic E-state index is -0.124. The summed E-state index contributed by atoms with van der Waals surface area (Å²) in [6, 6.07) is 7.66. The van der Waals surface area contributed by atoms with Crippen LogP contribution >= 0.6 is 11.3 Å². The number of methoxy groups -OCH3 is 2. The molecule has 0 saturated carbocycles. The highest BCUT2D eigenvalue weighted by Gasteiger charge is 2.12. The first-order chi connectivity index (χ1) is 8.26. The lowest BCUT2D eigenvalue weighted by molar-refractivity contribution is 0.354. The van der Waals surface area contributed by atoms with Crippen LogP contribution in [0.1, 0.15) is 17.2 Å². The van der Waals surface area contributed by atoms with Gasteiger partial charge in [-0.1, -0.05) is 6.07 Å². The molecule has 17 heavy (non-hydrogen) atoms. The van der Waals surface area contributed by atoms with Gasteiger partial charge in [0.1, 0.15) is 0 Å². The van der Waals surface area contributed by atoms with Crippen LogP contribution < -0.4 is 15.2 Å². The molecule has 1 aromatic heterocycles. The second-order valence-electron chi connectivity index (χ2n) is 3.65. The SMILES string of the molecule is COc1ccc(C(N)c2ccsc2)cc1OC. The van der Waals surface area contributed by atoms with Crippen LogP contribution in [0.25, 0.3) is 0 Å². The van der Waals surface area contributed by atoms with Gasteiger partial charge in [0.15, 0.2) is 11.5 Å². The predicted molar refractivity (Wildman–Crippen MR) is 69.9 cm³/mol. The number of hydrogen-bond donors (Lipinski definition) is 1. The van der Waals surface area contributed by atoms with Gasteiger partial charge in [0.25, 0.3) is 0 Å². The molecule has 0 bridgehead atoms. The maximum atomic E-state index is 6.19. The second-order valence-corrected chi connectivity index (χ2v) is 4.43. The van der Waals surface area contributed by atoms with Crippen molar-refractivity contribution in [1.82, 2.24) is 0 Å². The minimum Gasteiger partial charge on any atom is -0.493 e. The molecule has 2 rings (SSSR count). The van der Waals surface area contributed by atoms with Crippen molar-refractivity contribution in [3.8, 4) is 11.5 Å². The van der Waals surface area contributed by atoms with E-state index in [1.807, 2.05) is 29.6 Å².